The lowest BCUT2D eigenvalue weighted by molar-refractivity contribution is -0.156. The Morgan fingerprint density at radius 2 is 1.97 bits per heavy atom. The number of hydrogen-bond acceptors (Lipinski definition) is 5. The van der Waals surface area contributed by atoms with Gasteiger partial charge in [-0.2, -0.15) is 23.5 Å². The summed E-state index contributed by atoms with van der Waals surface area (Å²) in [5, 5.41) is 21.9. The van der Waals surface area contributed by atoms with E-state index in [0.717, 1.165) is 12.8 Å². The molecule has 0 amide bonds. The molecule has 1 aliphatic rings. The highest BCUT2D eigenvalue weighted by Crippen LogP contribution is 2.26. The summed E-state index contributed by atoms with van der Waals surface area (Å²) in [7, 11) is 0. The maximum Gasteiger partial charge on any atom is 0.422 e. The number of piperidine rings is 1. The Hall–Kier alpha value is -2.28. The molecule has 0 radical (unpaired) electrons. The number of ether oxygens (including phenoxy) is 1. The van der Waals surface area contributed by atoms with Crippen LogP contribution >= 0.6 is 23.2 Å². The van der Waals surface area contributed by atoms with Crippen LogP contribution in [-0.4, -0.2) is 46.5 Å². The zero-order valence-corrected chi connectivity index (χ0v) is 17.2. The number of halogens is 5. The standard InChI is InChI=1S/C19H18Cl2F3N5O/c20-15-2-1-14(7-16(15)21)29-10-13(9-28-5-3-12(8-25)4-6-28)17(27-29)18(26)30-11-19(22,23)24/h1-2,7,10,12,26H,3-6,9,11H2. The Morgan fingerprint density at radius 3 is 2.57 bits per heavy atom. The Bertz CT molecular complexity index is 962. The van der Waals surface area contributed by atoms with E-state index >= 15 is 0 Å². The van der Waals surface area contributed by atoms with Crippen molar-refractivity contribution in [3.63, 3.8) is 0 Å². The number of nitrogens with one attached hydrogen (secondary N) is 1. The molecule has 1 aromatic carbocycles. The van der Waals surface area contributed by atoms with E-state index < -0.39 is 18.7 Å². The molecule has 160 valence electrons. The van der Waals surface area contributed by atoms with Gasteiger partial charge in [-0.1, -0.05) is 23.2 Å². The van der Waals surface area contributed by atoms with Crippen LogP contribution in [0.25, 0.3) is 5.69 Å². The van der Waals surface area contributed by atoms with E-state index in [0.29, 0.717) is 40.9 Å². The molecule has 0 spiro atoms. The number of hydrogen-bond donors (Lipinski definition) is 1. The maximum absolute atomic E-state index is 12.5. The van der Waals surface area contributed by atoms with Crippen molar-refractivity contribution in [3.8, 4) is 11.8 Å². The van der Waals surface area contributed by atoms with Gasteiger partial charge >= 0.3 is 6.18 Å². The zero-order chi connectivity index (χ0) is 21.9. The summed E-state index contributed by atoms with van der Waals surface area (Å²) in [5.74, 6) is -0.652. The molecular formula is C19H18Cl2F3N5O. The predicted molar refractivity (Wildman–Crippen MR) is 106 cm³/mol. The zero-order valence-electron chi connectivity index (χ0n) is 15.7. The van der Waals surface area contributed by atoms with Crippen LogP contribution in [0.5, 0.6) is 0 Å². The summed E-state index contributed by atoms with van der Waals surface area (Å²) in [5.41, 5.74) is 1.11. The predicted octanol–water partition coefficient (Wildman–Crippen LogP) is 4.82. The molecule has 1 N–H and O–H groups in total. The van der Waals surface area contributed by atoms with Gasteiger partial charge in [-0.3, -0.25) is 10.3 Å². The van der Waals surface area contributed by atoms with Crippen molar-refractivity contribution in [2.45, 2.75) is 25.6 Å². The van der Waals surface area contributed by atoms with Crippen LogP contribution in [-0.2, 0) is 11.3 Å². The normalized spacial score (nSPS) is 15.7. The van der Waals surface area contributed by atoms with E-state index in [1.165, 1.54) is 4.68 Å². The Kier molecular flexibility index (Phi) is 6.91. The van der Waals surface area contributed by atoms with Crippen LogP contribution < -0.4 is 0 Å². The van der Waals surface area contributed by atoms with Gasteiger partial charge in [0.15, 0.2) is 12.3 Å². The molecule has 6 nitrogen and oxygen atoms in total. The molecule has 1 saturated heterocycles. The minimum absolute atomic E-state index is 0.00747. The first-order valence-corrected chi connectivity index (χ1v) is 9.86. The van der Waals surface area contributed by atoms with Crippen LogP contribution in [0.1, 0.15) is 24.1 Å². The molecule has 0 aliphatic carbocycles. The molecule has 2 aromatic rings. The van der Waals surface area contributed by atoms with Crippen molar-refractivity contribution in [1.82, 2.24) is 14.7 Å². The molecule has 2 heterocycles. The Balaban J connectivity index is 1.86. The third kappa shape index (κ3) is 5.65. The minimum Gasteiger partial charge on any atom is -0.467 e. The van der Waals surface area contributed by atoms with Gasteiger partial charge in [0.25, 0.3) is 0 Å². The Morgan fingerprint density at radius 1 is 1.27 bits per heavy atom. The van der Waals surface area contributed by atoms with Crippen LogP contribution in [0.2, 0.25) is 10.0 Å². The monoisotopic (exact) mass is 459 g/mol. The average Bonchev–Trinajstić information content (AvgIpc) is 3.12. The molecule has 30 heavy (non-hydrogen) atoms. The second-order valence-corrected chi connectivity index (χ2v) is 7.77. The fourth-order valence-corrected chi connectivity index (χ4v) is 3.45. The first-order valence-electron chi connectivity index (χ1n) is 9.10. The SMILES string of the molecule is N#CC1CCN(Cc2cn(-c3ccc(Cl)c(Cl)c3)nc2C(=N)OCC(F)(F)F)CC1. The van der Waals surface area contributed by atoms with Gasteiger partial charge in [0, 0.05) is 24.2 Å². The molecular weight excluding hydrogens is 442 g/mol. The van der Waals surface area contributed by atoms with Crippen LogP contribution in [0.15, 0.2) is 24.4 Å². The first kappa shape index (κ1) is 22.4. The van der Waals surface area contributed by atoms with Crippen LogP contribution in [0.4, 0.5) is 13.2 Å². The highest BCUT2D eigenvalue weighted by molar-refractivity contribution is 6.42. The van der Waals surface area contributed by atoms with Crippen molar-refractivity contribution < 1.29 is 17.9 Å². The molecule has 0 saturated carbocycles. The summed E-state index contributed by atoms with van der Waals surface area (Å²) >= 11 is 12.0. The number of rotatable bonds is 5. The Labute approximate surface area is 181 Å². The molecule has 0 atom stereocenters. The molecule has 1 fully saturated rings. The second kappa shape index (κ2) is 9.25. The summed E-state index contributed by atoms with van der Waals surface area (Å²) < 4.78 is 43.6. The van der Waals surface area contributed by atoms with E-state index in [4.69, 9.17) is 33.9 Å². The number of benzene rings is 1. The summed E-state index contributed by atoms with van der Waals surface area (Å²) in [4.78, 5) is 2.07. The molecule has 0 bridgehead atoms. The van der Waals surface area contributed by atoms with E-state index in [1.807, 2.05) is 0 Å². The number of nitrogens with zero attached hydrogens (tertiary/aromatic N) is 4. The summed E-state index contributed by atoms with van der Waals surface area (Å²) in [6, 6.07) is 7.07. The third-order valence-corrected chi connectivity index (χ3v) is 5.46. The van der Waals surface area contributed by atoms with Crippen molar-refractivity contribution in [1.29, 1.82) is 10.7 Å². The van der Waals surface area contributed by atoms with Gasteiger partial charge in [0.05, 0.1) is 21.8 Å². The fraction of sp³-hybridized carbons (Fsp3) is 0.421. The van der Waals surface area contributed by atoms with Crippen molar-refractivity contribution in [2.24, 2.45) is 5.92 Å². The topological polar surface area (TPSA) is 77.9 Å². The largest absolute Gasteiger partial charge is 0.467 e. The van der Waals surface area contributed by atoms with E-state index in [2.05, 4.69) is 20.8 Å². The quantitative estimate of drug-likeness (QED) is 0.513. The van der Waals surface area contributed by atoms with Gasteiger partial charge < -0.3 is 4.74 Å². The minimum atomic E-state index is -4.56. The molecule has 3 rings (SSSR count). The highest BCUT2D eigenvalue weighted by atomic mass is 35.5. The van der Waals surface area contributed by atoms with Gasteiger partial charge in [0.1, 0.15) is 0 Å². The van der Waals surface area contributed by atoms with Crippen molar-refractivity contribution >= 4 is 29.1 Å². The average molecular weight is 460 g/mol. The lowest BCUT2D eigenvalue weighted by Crippen LogP contribution is -2.33. The van der Waals surface area contributed by atoms with Crippen LogP contribution in [0, 0.1) is 22.7 Å². The van der Waals surface area contributed by atoms with E-state index in [-0.39, 0.29) is 11.6 Å². The van der Waals surface area contributed by atoms with Gasteiger partial charge in [0.2, 0.25) is 5.90 Å². The van der Waals surface area contributed by atoms with E-state index in [9.17, 15) is 13.2 Å². The van der Waals surface area contributed by atoms with Gasteiger partial charge in [-0.05, 0) is 44.1 Å². The van der Waals surface area contributed by atoms with Crippen molar-refractivity contribution in [2.75, 3.05) is 19.7 Å². The summed E-state index contributed by atoms with van der Waals surface area (Å²) in [6.45, 7) is 0.143. The maximum atomic E-state index is 12.5. The molecule has 0 unspecified atom stereocenters. The number of nitriles is 1. The number of alkyl halides is 3. The fourth-order valence-electron chi connectivity index (χ4n) is 3.16. The van der Waals surface area contributed by atoms with Crippen LogP contribution in [0.3, 0.4) is 0 Å². The number of aromatic nitrogens is 2. The first-order chi connectivity index (χ1) is 14.2. The third-order valence-electron chi connectivity index (χ3n) is 4.72. The second-order valence-electron chi connectivity index (χ2n) is 6.96. The van der Waals surface area contributed by atoms with Gasteiger partial charge in [-0.15, -0.1) is 0 Å². The lowest BCUT2D eigenvalue weighted by atomic mass is 9.98. The highest BCUT2D eigenvalue weighted by Gasteiger charge is 2.30. The number of likely N-dealkylation sites (tertiary alicyclic amines) is 1. The summed E-state index contributed by atoms with van der Waals surface area (Å²) in [6.07, 6.45) is -1.49. The molecule has 1 aliphatic heterocycles. The van der Waals surface area contributed by atoms with Gasteiger partial charge in [-0.25, -0.2) is 4.68 Å². The molecule has 1 aromatic heterocycles. The van der Waals surface area contributed by atoms with Crippen molar-refractivity contribution in [3.05, 3.63) is 45.7 Å². The smallest absolute Gasteiger partial charge is 0.422 e. The lowest BCUT2D eigenvalue weighted by Gasteiger charge is -2.28. The van der Waals surface area contributed by atoms with E-state index in [1.54, 1.807) is 24.4 Å². The molecule has 11 heteroatoms.